The van der Waals surface area contributed by atoms with Crippen LogP contribution in [0.1, 0.15) is 31.2 Å². The molecular weight excluding hydrogens is 400 g/mol. The van der Waals surface area contributed by atoms with E-state index in [2.05, 4.69) is 0 Å². The van der Waals surface area contributed by atoms with E-state index in [1.54, 1.807) is 6.07 Å². The summed E-state index contributed by atoms with van der Waals surface area (Å²) < 4.78 is 11.1. The van der Waals surface area contributed by atoms with Crippen LogP contribution in [0.4, 0.5) is 5.69 Å². The van der Waals surface area contributed by atoms with Crippen molar-refractivity contribution in [2.75, 3.05) is 18.6 Å². The molecule has 8 nitrogen and oxygen atoms in total. The second kappa shape index (κ2) is 9.39. The maximum Gasteiger partial charge on any atom is 0.259 e. The zero-order valence-electron chi connectivity index (χ0n) is 16.1. The highest BCUT2D eigenvalue weighted by Gasteiger charge is 2.45. The van der Waals surface area contributed by atoms with E-state index < -0.39 is 49.1 Å². The second-order valence-corrected chi connectivity index (χ2v) is 7.88. The van der Waals surface area contributed by atoms with Crippen LogP contribution in [-0.2, 0) is 14.3 Å². The number of nitriles is 1. The molecule has 3 rings (SSSR count). The van der Waals surface area contributed by atoms with E-state index in [4.69, 9.17) is 21.1 Å². The third-order valence-electron chi connectivity index (χ3n) is 5.59. The first-order valence-electron chi connectivity index (χ1n) is 9.58. The van der Waals surface area contributed by atoms with Crippen LogP contribution in [0.3, 0.4) is 0 Å². The van der Waals surface area contributed by atoms with Crippen LogP contribution in [0.25, 0.3) is 0 Å². The Kier molecular flexibility index (Phi) is 7.11. The predicted molar refractivity (Wildman–Crippen MR) is 104 cm³/mol. The molecule has 1 saturated carbocycles. The monoisotopic (exact) mass is 424 g/mol. The smallest absolute Gasteiger partial charge is 0.259 e. The number of hydrogen-bond acceptors (Lipinski definition) is 7. The Bertz CT molecular complexity index is 785. The molecule has 6 atom stereocenters. The van der Waals surface area contributed by atoms with Gasteiger partial charge in [-0.15, -0.1) is 0 Å². The van der Waals surface area contributed by atoms with Crippen molar-refractivity contribution in [2.45, 2.75) is 62.2 Å². The molecule has 0 radical (unpaired) electrons. The normalized spacial score (nSPS) is 32.0. The summed E-state index contributed by atoms with van der Waals surface area (Å²) in [7, 11) is 1.42. The molecular formula is C20H25ClN2O6. The molecule has 1 heterocycles. The zero-order valence-corrected chi connectivity index (χ0v) is 16.8. The summed E-state index contributed by atoms with van der Waals surface area (Å²) >= 11 is 6.15. The Hall–Kier alpha value is -1.73. The summed E-state index contributed by atoms with van der Waals surface area (Å²) in [5.41, 5.74) is 0.671. The molecule has 2 fully saturated rings. The van der Waals surface area contributed by atoms with Gasteiger partial charge in [-0.1, -0.05) is 11.6 Å². The Labute approximate surface area is 174 Å². The summed E-state index contributed by atoms with van der Waals surface area (Å²) in [6.07, 6.45) is -2.41. The number of ether oxygens (including phenoxy) is 2. The lowest BCUT2D eigenvalue weighted by molar-refractivity contribution is -0.190. The first kappa shape index (κ1) is 22.0. The topological polar surface area (TPSA) is 123 Å². The van der Waals surface area contributed by atoms with Gasteiger partial charge in [-0.05, 0) is 37.5 Å². The van der Waals surface area contributed by atoms with Gasteiger partial charge < -0.3 is 29.7 Å². The van der Waals surface area contributed by atoms with Gasteiger partial charge in [0.2, 0.25) is 0 Å². The molecule has 3 N–H and O–H groups in total. The number of amides is 1. The van der Waals surface area contributed by atoms with E-state index in [0.29, 0.717) is 23.6 Å². The van der Waals surface area contributed by atoms with Crippen molar-refractivity contribution in [3.63, 3.8) is 0 Å². The van der Waals surface area contributed by atoms with Crippen LogP contribution < -0.4 is 4.90 Å². The van der Waals surface area contributed by atoms with Crippen molar-refractivity contribution in [1.29, 1.82) is 5.26 Å². The number of nitrogens with zero attached hydrogens (tertiary/aromatic N) is 2. The Balaban J connectivity index is 2.00. The summed E-state index contributed by atoms with van der Waals surface area (Å²) in [5.74, 6) is -0.473. The predicted octanol–water partition coefficient (Wildman–Crippen LogP) is 0.984. The van der Waals surface area contributed by atoms with Crippen molar-refractivity contribution in [3.05, 3.63) is 28.8 Å². The van der Waals surface area contributed by atoms with Crippen LogP contribution in [0.15, 0.2) is 18.2 Å². The van der Waals surface area contributed by atoms with Crippen molar-refractivity contribution in [2.24, 2.45) is 0 Å². The Morgan fingerprint density at radius 3 is 2.69 bits per heavy atom. The molecule has 0 spiro atoms. The second-order valence-electron chi connectivity index (χ2n) is 7.44. The number of carbonyl (C=O) groups is 1. The minimum atomic E-state index is -1.09. The maximum atomic E-state index is 13.6. The van der Waals surface area contributed by atoms with Crippen LogP contribution in [-0.4, -0.2) is 71.5 Å². The number of aliphatic hydroxyl groups is 3. The highest BCUT2D eigenvalue weighted by Crippen LogP contribution is 2.34. The summed E-state index contributed by atoms with van der Waals surface area (Å²) in [6.45, 7) is -0.441. The van der Waals surface area contributed by atoms with Crippen LogP contribution in [0.5, 0.6) is 0 Å². The van der Waals surface area contributed by atoms with Gasteiger partial charge in [0.25, 0.3) is 5.91 Å². The van der Waals surface area contributed by atoms with E-state index in [9.17, 15) is 25.4 Å². The molecule has 2 aliphatic rings. The number of rotatable bonds is 5. The lowest BCUT2D eigenvalue weighted by Gasteiger charge is -2.41. The first-order chi connectivity index (χ1) is 13.9. The Morgan fingerprint density at radius 1 is 1.34 bits per heavy atom. The SMILES string of the molecule is COC1CC(O)C(CO)OC1C(=O)N(c1cc(Cl)cc(C#N)c1)[C@H]1CCC[C@@H]1O. The number of benzene rings is 1. The van der Waals surface area contributed by atoms with Gasteiger partial charge in [0.05, 0.1) is 42.6 Å². The van der Waals surface area contributed by atoms with Gasteiger partial charge in [0, 0.05) is 24.2 Å². The summed E-state index contributed by atoms with van der Waals surface area (Å²) in [4.78, 5) is 15.0. The van der Waals surface area contributed by atoms with E-state index in [0.717, 1.165) is 6.42 Å². The molecule has 1 aromatic carbocycles. The molecule has 1 amide bonds. The van der Waals surface area contributed by atoms with E-state index in [-0.39, 0.29) is 12.0 Å². The lowest BCUT2D eigenvalue weighted by atomic mass is 9.96. The third-order valence-corrected chi connectivity index (χ3v) is 5.81. The number of carbonyl (C=O) groups excluding carboxylic acids is 1. The van der Waals surface area contributed by atoms with E-state index in [1.807, 2.05) is 6.07 Å². The molecule has 4 unspecified atom stereocenters. The average molecular weight is 425 g/mol. The molecule has 1 saturated heterocycles. The van der Waals surface area contributed by atoms with Crippen LogP contribution in [0.2, 0.25) is 5.02 Å². The molecule has 0 aromatic heterocycles. The Morgan fingerprint density at radius 2 is 2.10 bits per heavy atom. The number of methoxy groups -OCH3 is 1. The molecule has 1 aromatic rings. The van der Waals surface area contributed by atoms with Gasteiger partial charge in [0.1, 0.15) is 6.10 Å². The standard InChI is InChI=1S/C20H25ClN2O6/c1-28-17-8-16(26)18(10-24)29-19(17)20(27)23(14-3-2-4-15(14)25)13-6-11(9-22)5-12(21)7-13/h5-7,14-19,24-26H,2-4,8,10H2,1H3/t14-,15-,16?,17?,18?,19?/m0/s1. The third kappa shape index (κ3) is 4.56. The van der Waals surface area contributed by atoms with Crippen molar-refractivity contribution >= 4 is 23.2 Å². The molecule has 1 aliphatic heterocycles. The van der Waals surface area contributed by atoms with E-state index in [1.165, 1.54) is 24.1 Å². The quantitative estimate of drug-likeness (QED) is 0.643. The average Bonchev–Trinajstić information content (AvgIpc) is 3.12. The highest BCUT2D eigenvalue weighted by molar-refractivity contribution is 6.31. The minimum absolute atomic E-state index is 0.123. The molecule has 9 heteroatoms. The maximum absolute atomic E-state index is 13.6. The van der Waals surface area contributed by atoms with Gasteiger partial charge in [0.15, 0.2) is 6.10 Å². The summed E-state index contributed by atoms with van der Waals surface area (Å²) in [5, 5.41) is 39.7. The fourth-order valence-electron chi connectivity index (χ4n) is 4.10. The minimum Gasteiger partial charge on any atom is -0.394 e. The number of aliphatic hydroxyl groups excluding tert-OH is 3. The lowest BCUT2D eigenvalue weighted by Crippen LogP contribution is -2.58. The molecule has 158 valence electrons. The van der Waals surface area contributed by atoms with Crippen molar-refractivity contribution in [3.8, 4) is 6.07 Å². The highest BCUT2D eigenvalue weighted by atomic mass is 35.5. The number of halogens is 1. The fourth-order valence-corrected chi connectivity index (χ4v) is 4.33. The largest absolute Gasteiger partial charge is 0.394 e. The van der Waals surface area contributed by atoms with Gasteiger partial charge in [-0.2, -0.15) is 5.26 Å². The number of hydrogen-bond donors (Lipinski definition) is 3. The fraction of sp³-hybridized carbons (Fsp3) is 0.600. The van der Waals surface area contributed by atoms with Crippen LogP contribution in [0, 0.1) is 11.3 Å². The zero-order chi connectivity index (χ0) is 21.1. The molecule has 0 bridgehead atoms. The van der Waals surface area contributed by atoms with Crippen molar-refractivity contribution < 1.29 is 29.6 Å². The molecule has 1 aliphatic carbocycles. The van der Waals surface area contributed by atoms with E-state index >= 15 is 0 Å². The summed E-state index contributed by atoms with van der Waals surface area (Å²) in [6, 6.07) is 6.11. The first-order valence-corrected chi connectivity index (χ1v) is 9.96. The van der Waals surface area contributed by atoms with Crippen LogP contribution >= 0.6 is 11.6 Å². The van der Waals surface area contributed by atoms with Gasteiger partial charge in [-0.3, -0.25) is 4.79 Å². The van der Waals surface area contributed by atoms with Gasteiger partial charge in [-0.25, -0.2) is 0 Å². The van der Waals surface area contributed by atoms with Crippen molar-refractivity contribution in [1.82, 2.24) is 0 Å². The molecule has 29 heavy (non-hydrogen) atoms. The van der Waals surface area contributed by atoms with Gasteiger partial charge >= 0.3 is 0 Å². The number of anilines is 1.